The van der Waals surface area contributed by atoms with E-state index in [1.54, 1.807) is 12.2 Å². The molecule has 0 aromatic carbocycles. The fourth-order valence-corrected chi connectivity index (χ4v) is 0.814. The van der Waals surface area contributed by atoms with E-state index in [2.05, 4.69) is 16.0 Å². The molecule has 0 radical (unpaired) electrons. The Balaban J connectivity index is 2.56. The van der Waals surface area contributed by atoms with Crippen LogP contribution < -0.4 is 11.1 Å². The van der Waals surface area contributed by atoms with Gasteiger partial charge in [0.25, 0.3) is 0 Å². The second-order valence-electron chi connectivity index (χ2n) is 2.77. The second-order valence-corrected chi connectivity index (χ2v) is 2.77. The van der Waals surface area contributed by atoms with Crippen molar-refractivity contribution >= 4 is 17.9 Å². The van der Waals surface area contributed by atoms with Crippen molar-refractivity contribution in [3.63, 3.8) is 0 Å². The van der Waals surface area contributed by atoms with Crippen LogP contribution in [0.1, 0.15) is 0 Å². The zero-order chi connectivity index (χ0) is 12.0. The Morgan fingerprint density at radius 2 is 2.44 bits per heavy atom. The second kappa shape index (κ2) is 5.33. The minimum Gasteiger partial charge on any atom is -0.477 e. The van der Waals surface area contributed by atoms with Crippen LogP contribution in [0.15, 0.2) is 46.7 Å². The lowest BCUT2D eigenvalue weighted by Crippen LogP contribution is -2.11. The average Bonchev–Trinajstić information content (AvgIpc) is 2.43. The smallest absolute Gasteiger partial charge is 0.353 e. The highest BCUT2D eigenvalue weighted by Gasteiger charge is 2.00. The lowest BCUT2D eigenvalue weighted by Gasteiger charge is -1.98. The van der Waals surface area contributed by atoms with Gasteiger partial charge < -0.3 is 16.2 Å². The number of nitrogens with zero attached hydrogens (tertiary/aromatic N) is 1. The van der Waals surface area contributed by atoms with Crippen LogP contribution in [0.25, 0.3) is 0 Å². The van der Waals surface area contributed by atoms with E-state index in [0.29, 0.717) is 5.70 Å². The molecule has 1 aliphatic heterocycles. The summed E-state index contributed by atoms with van der Waals surface area (Å²) in [6, 6.07) is 0. The average molecular weight is 218 g/mol. The van der Waals surface area contributed by atoms with Crippen molar-refractivity contribution in [1.82, 2.24) is 5.32 Å². The molecule has 0 aliphatic carbocycles. The highest BCUT2D eigenvalue weighted by molar-refractivity contribution is 6.38. The summed E-state index contributed by atoms with van der Waals surface area (Å²) in [5.41, 5.74) is 8.19. The molecule has 1 rings (SSSR count). The largest absolute Gasteiger partial charge is 0.477 e. The highest BCUT2D eigenvalue weighted by atomic mass is 16.4. The first kappa shape index (κ1) is 11.5. The summed E-state index contributed by atoms with van der Waals surface area (Å²) in [5, 5.41) is 18.2. The molecular weight excluding hydrogens is 208 g/mol. The normalized spacial score (nSPS) is 14.2. The van der Waals surface area contributed by atoms with Crippen molar-refractivity contribution in [1.29, 1.82) is 5.41 Å². The van der Waals surface area contributed by atoms with Crippen molar-refractivity contribution in [2.45, 2.75) is 0 Å². The molecule has 0 atom stereocenters. The van der Waals surface area contributed by atoms with Gasteiger partial charge in [-0.2, -0.15) is 0 Å². The van der Waals surface area contributed by atoms with E-state index in [4.69, 9.17) is 16.2 Å². The fourth-order valence-electron chi connectivity index (χ4n) is 0.814. The zero-order valence-electron chi connectivity index (χ0n) is 8.27. The monoisotopic (exact) mass is 218 g/mol. The Morgan fingerprint density at radius 1 is 1.69 bits per heavy atom. The summed E-state index contributed by atoms with van der Waals surface area (Å²) >= 11 is 0. The molecule has 0 aromatic rings. The first-order valence-electron chi connectivity index (χ1n) is 4.31. The summed E-state index contributed by atoms with van der Waals surface area (Å²) in [4.78, 5) is 14.1. The summed E-state index contributed by atoms with van der Waals surface area (Å²) < 4.78 is 0. The maximum absolute atomic E-state index is 10.3. The predicted octanol–water partition coefficient (Wildman–Crippen LogP) is 0.118. The van der Waals surface area contributed by atoms with Gasteiger partial charge in [-0.1, -0.05) is 5.73 Å². The Labute approximate surface area is 91.7 Å². The quantitative estimate of drug-likeness (QED) is 0.396. The number of aliphatic carboxylic acids is 1. The molecule has 16 heavy (non-hydrogen) atoms. The van der Waals surface area contributed by atoms with Gasteiger partial charge in [-0.25, -0.2) is 9.79 Å². The minimum absolute atomic E-state index is 0.260. The van der Waals surface area contributed by atoms with Crippen molar-refractivity contribution in [3.05, 3.63) is 41.7 Å². The van der Waals surface area contributed by atoms with Crippen LogP contribution in [0.2, 0.25) is 0 Å². The molecule has 0 bridgehead atoms. The summed E-state index contributed by atoms with van der Waals surface area (Å²) in [5.74, 6) is -1.03. The van der Waals surface area contributed by atoms with Crippen LogP contribution in [0.3, 0.4) is 0 Å². The van der Waals surface area contributed by atoms with Crippen molar-refractivity contribution in [2.75, 3.05) is 0 Å². The van der Waals surface area contributed by atoms with Crippen LogP contribution in [0.4, 0.5) is 0 Å². The third kappa shape index (κ3) is 3.65. The third-order valence-corrected chi connectivity index (χ3v) is 1.57. The van der Waals surface area contributed by atoms with E-state index in [9.17, 15) is 4.79 Å². The van der Waals surface area contributed by atoms with Gasteiger partial charge in [0.05, 0.1) is 11.9 Å². The highest BCUT2D eigenvalue weighted by Crippen LogP contribution is 1.94. The molecule has 0 spiro atoms. The minimum atomic E-state index is -1.28. The van der Waals surface area contributed by atoms with Gasteiger partial charge in [-0.3, -0.25) is 5.41 Å². The predicted molar refractivity (Wildman–Crippen MR) is 60.0 cm³/mol. The summed E-state index contributed by atoms with van der Waals surface area (Å²) in [6.07, 6.45) is 7.19. The number of nitrogens with one attached hydrogen (secondary N) is 2. The number of rotatable bonds is 4. The Bertz CT molecular complexity index is 465. The number of aliphatic imine (C=N–C) groups is 1. The fraction of sp³-hybridized carbons (Fsp3) is 0. The van der Waals surface area contributed by atoms with Gasteiger partial charge in [0.2, 0.25) is 0 Å². The molecule has 5 N–H and O–H groups in total. The molecular formula is C10H10N4O2. The SMILES string of the molecule is N=C(/C=C\NC1=CC=C=C(N)N=C1)C(=O)O. The molecule has 0 amide bonds. The van der Waals surface area contributed by atoms with E-state index >= 15 is 0 Å². The van der Waals surface area contributed by atoms with Crippen LogP contribution >= 0.6 is 0 Å². The molecule has 0 saturated heterocycles. The van der Waals surface area contributed by atoms with E-state index in [-0.39, 0.29) is 5.82 Å². The van der Waals surface area contributed by atoms with Crippen LogP contribution in [-0.4, -0.2) is 23.0 Å². The van der Waals surface area contributed by atoms with Crippen molar-refractivity contribution in [3.8, 4) is 0 Å². The number of nitrogens with two attached hydrogens (primary N) is 1. The molecule has 6 nitrogen and oxygen atoms in total. The molecule has 0 fully saturated rings. The zero-order valence-corrected chi connectivity index (χ0v) is 8.27. The molecule has 0 saturated carbocycles. The Hall–Kier alpha value is -2.59. The van der Waals surface area contributed by atoms with E-state index in [0.717, 1.165) is 6.08 Å². The van der Waals surface area contributed by atoms with Gasteiger partial charge >= 0.3 is 5.97 Å². The third-order valence-electron chi connectivity index (χ3n) is 1.57. The van der Waals surface area contributed by atoms with Gasteiger partial charge in [0.15, 0.2) is 5.82 Å². The van der Waals surface area contributed by atoms with Crippen LogP contribution in [0, 0.1) is 5.41 Å². The van der Waals surface area contributed by atoms with Crippen LogP contribution in [-0.2, 0) is 4.79 Å². The Kier molecular flexibility index (Phi) is 3.83. The number of hydrogen-bond acceptors (Lipinski definition) is 5. The number of carbonyl (C=O) groups is 1. The first-order valence-corrected chi connectivity index (χ1v) is 4.31. The molecule has 1 heterocycles. The number of carboxylic acid groups (broad SMARTS) is 1. The van der Waals surface area contributed by atoms with Crippen molar-refractivity contribution < 1.29 is 9.90 Å². The van der Waals surface area contributed by atoms with Gasteiger partial charge in [0, 0.05) is 6.20 Å². The maximum Gasteiger partial charge on any atom is 0.353 e. The number of hydrogen-bond donors (Lipinski definition) is 4. The van der Waals surface area contributed by atoms with Crippen LogP contribution in [0.5, 0.6) is 0 Å². The first-order chi connectivity index (χ1) is 7.59. The topological polar surface area (TPSA) is 112 Å². The molecule has 82 valence electrons. The van der Waals surface area contributed by atoms with E-state index in [1.807, 2.05) is 0 Å². The number of allylic oxidation sites excluding steroid dienone is 3. The number of carboxylic acids is 1. The standard InChI is InChI=1S/C10H10N4O2/c11-8(10(15)16)4-5-13-7-2-1-3-9(12)14-6-7/h1-2,4-6,11,13H,12H2,(H,15,16)/b5-4-,11-8?. The molecule has 1 aliphatic rings. The van der Waals surface area contributed by atoms with E-state index < -0.39 is 11.7 Å². The van der Waals surface area contributed by atoms with E-state index in [1.165, 1.54) is 12.4 Å². The maximum atomic E-state index is 10.3. The molecule has 6 heteroatoms. The Morgan fingerprint density at radius 3 is 3.12 bits per heavy atom. The summed E-state index contributed by atoms with van der Waals surface area (Å²) in [6.45, 7) is 0. The lowest BCUT2D eigenvalue weighted by molar-refractivity contribution is -0.129. The van der Waals surface area contributed by atoms with Crippen molar-refractivity contribution in [2.24, 2.45) is 10.7 Å². The molecule has 0 aromatic heterocycles. The van der Waals surface area contributed by atoms with Gasteiger partial charge in [0.1, 0.15) is 5.71 Å². The molecule has 0 unspecified atom stereocenters. The van der Waals surface area contributed by atoms with Gasteiger partial charge in [-0.15, -0.1) is 0 Å². The lowest BCUT2D eigenvalue weighted by atomic mass is 10.3. The summed E-state index contributed by atoms with van der Waals surface area (Å²) in [7, 11) is 0. The van der Waals surface area contributed by atoms with Gasteiger partial charge in [-0.05, 0) is 18.2 Å².